The molecule has 0 saturated carbocycles. The number of sulfonamides is 1. The molecule has 0 unspecified atom stereocenters. The van der Waals surface area contributed by atoms with Gasteiger partial charge >= 0.3 is 5.97 Å². The van der Waals surface area contributed by atoms with Crippen LogP contribution in [0, 0.1) is 5.92 Å². The molecule has 2 N–H and O–H groups in total. The Bertz CT molecular complexity index is 1350. The van der Waals surface area contributed by atoms with E-state index in [1.54, 1.807) is 17.0 Å². The number of rotatable bonds is 12. The molecule has 3 aromatic rings. The Labute approximate surface area is 229 Å². The van der Waals surface area contributed by atoms with Crippen LogP contribution in [0.2, 0.25) is 0 Å². The molecule has 0 atom stereocenters. The number of esters is 1. The van der Waals surface area contributed by atoms with E-state index in [4.69, 9.17) is 9.88 Å². The van der Waals surface area contributed by atoms with Gasteiger partial charge in [-0.2, -0.15) is 0 Å². The molecule has 0 bridgehead atoms. The number of hydrogen-bond acceptors (Lipinski definition) is 6. The van der Waals surface area contributed by atoms with Crippen molar-refractivity contribution in [1.29, 1.82) is 0 Å². The van der Waals surface area contributed by atoms with Crippen molar-refractivity contribution in [3.05, 3.63) is 76.2 Å². The van der Waals surface area contributed by atoms with Gasteiger partial charge in [-0.1, -0.05) is 81.8 Å². The van der Waals surface area contributed by atoms with Crippen LogP contribution in [0.5, 0.6) is 0 Å². The Hall–Kier alpha value is -3.01. The number of unbranched alkanes of at least 4 members (excludes halogenated alkanes) is 1. The summed E-state index contributed by atoms with van der Waals surface area (Å²) >= 11 is 1.04. The van der Waals surface area contributed by atoms with E-state index in [-0.39, 0.29) is 33.8 Å². The molecule has 0 radical (unpaired) electrons. The van der Waals surface area contributed by atoms with Gasteiger partial charge in [0.25, 0.3) is 0 Å². The number of hydrogen-bond donors (Lipinski definition) is 1. The zero-order chi connectivity index (χ0) is 27.9. The fourth-order valence-electron chi connectivity index (χ4n) is 4.11. The summed E-state index contributed by atoms with van der Waals surface area (Å²) < 4.78 is 30.7. The van der Waals surface area contributed by atoms with Crippen molar-refractivity contribution in [2.24, 2.45) is 11.1 Å². The molecular formula is C29H36N2O5S2. The summed E-state index contributed by atoms with van der Waals surface area (Å²) in [5, 5.41) is 5.62. The molecule has 9 heteroatoms. The molecule has 204 valence electrons. The molecule has 0 aliphatic carbocycles. The van der Waals surface area contributed by atoms with Gasteiger partial charge in [0, 0.05) is 30.5 Å². The van der Waals surface area contributed by atoms with Gasteiger partial charge in [-0.15, -0.1) is 11.3 Å². The second kappa shape index (κ2) is 13.2. The van der Waals surface area contributed by atoms with E-state index >= 15 is 0 Å². The first-order chi connectivity index (χ1) is 18.0. The third-order valence-electron chi connectivity index (χ3n) is 6.01. The highest BCUT2D eigenvalue weighted by Gasteiger charge is 2.30. The Morgan fingerprint density at radius 1 is 1.00 bits per heavy atom. The standard InChI is InChI=1S/C29H36N2O5S2/c1-5-6-16-36-28(33)27-25(17-20(2)3)37-29(38(30,34)35)26(27)24-14-12-23(13-15-24)19-31(21(4)32)18-22-10-8-7-9-11-22/h7-15,20H,5-6,16-19H2,1-4H3,(H2,30,34,35). The van der Waals surface area contributed by atoms with Crippen LogP contribution in [0.3, 0.4) is 0 Å². The molecule has 0 aliphatic heterocycles. The highest BCUT2D eigenvalue weighted by atomic mass is 32.2. The van der Waals surface area contributed by atoms with Gasteiger partial charge in [0.05, 0.1) is 12.2 Å². The van der Waals surface area contributed by atoms with Crippen LogP contribution < -0.4 is 5.14 Å². The van der Waals surface area contributed by atoms with Crippen LogP contribution in [-0.2, 0) is 39.1 Å². The number of nitrogens with two attached hydrogens (primary N) is 1. The summed E-state index contributed by atoms with van der Waals surface area (Å²) in [5.74, 6) is -0.394. The maximum atomic E-state index is 13.2. The van der Waals surface area contributed by atoms with Crippen molar-refractivity contribution >= 4 is 33.2 Å². The normalized spacial score (nSPS) is 11.5. The number of nitrogens with zero attached hydrogens (tertiary/aromatic N) is 1. The van der Waals surface area contributed by atoms with E-state index < -0.39 is 16.0 Å². The van der Waals surface area contributed by atoms with Gasteiger partial charge in [-0.3, -0.25) is 4.79 Å². The maximum Gasteiger partial charge on any atom is 0.339 e. The summed E-state index contributed by atoms with van der Waals surface area (Å²) in [4.78, 5) is 27.9. The molecule has 0 saturated heterocycles. The number of carbonyl (C=O) groups excluding carboxylic acids is 2. The summed E-state index contributed by atoms with van der Waals surface area (Å²) in [7, 11) is -4.09. The fraction of sp³-hybridized carbons (Fsp3) is 0.379. The number of thiophene rings is 1. The van der Waals surface area contributed by atoms with E-state index in [9.17, 15) is 18.0 Å². The minimum atomic E-state index is -4.09. The molecule has 0 fully saturated rings. The highest BCUT2D eigenvalue weighted by molar-refractivity contribution is 7.91. The second-order valence-electron chi connectivity index (χ2n) is 9.75. The van der Waals surface area contributed by atoms with E-state index in [0.717, 1.165) is 35.3 Å². The molecule has 1 amide bonds. The summed E-state index contributed by atoms with van der Waals surface area (Å²) in [6, 6.07) is 17.0. The zero-order valence-corrected chi connectivity index (χ0v) is 24.0. The van der Waals surface area contributed by atoms with Crippen molar-refractivity contribution in [2.75, 3.05) is 6.61 Å². The molecular weight excluding hydrogens is 520 g/mol. The average molecular weight is 557 g/mol. The molecule has 3 rings (SSSR count). The van der Waals surface area contributed by atoms with Gasteiger partial charge in [-0.05, 0) is 35.4 Å². The van der Waals surface area contributed by atoms with Gasteiger partial charge in [-0.25, -0.2) is 18.4 Å². The predicted octanol–water partition coefficient (Wildman–Crippen LogP) is 5.77. The topological polar surface area (TPSA) is 107 Å². The van der Waals surface area contributed by atoms with E-state index in [1.165, 1.54) is 6.92 Å². The first kappa shape index (κ1) is 29.5. The lowest BCUT2D eigenvalue weighted by Gasteiger charge is -2.21. The maximum absolute atomic E-state index is 13.2. The molecule has 0 spiro atoms. The Balaban J connectivity index is 2.00. The lowest BCUT2D eigenvalue weighted by Crippen LogP contribution is -2.27. The number of primary sulfonamides is 1. The number of ether oxygens (including phenoxy) is 1. The molecule has 7 nitrogen and oxygen atoms in total. The van der Waals surface area contributed by atoms with Crippen LogP contribution in [0.25, 0.3) is 11.1 Å². The van der Waals surface area contributed by atoms with Crippen molar-refractivity contribution in [2.45, 2.75) is 64.3 Å². The second-order valence-corrected chi connectivity index (χ2v) is 12.6. The Morgan fingerprint density at radius 3 is 2.13 bits per heavy atom. The minimum absolute atomic E-state index is 0.0437. The number of carbonyl (C=O) groups is 2. The van der Waals surface area contributed by atoms with Crippen LogP contribution in [0.15, 0.2) is 58.8 Å². The van der Waals surface area contributed by atoms with Crippen LogP contribution in [-0.4, -0.2) is 31.8 Å². The van der Waals surface area contributed by atoms with Crippen LogP contribution >= 0.6 is 11.3 Å². The van der Waals surface area contributed by atoms with Crippen LogP contribution in [0.4, 0.5) is 0 Å². The first-order valence-corrected chi connectivity index (χ1v) is 15.1. The fourth-order valence-corrected chi connectivity index (χ4v) is 6.63. The average Bonchev–Trinajstić information content (AvgIpc) is 3.24. The number of benzene rings is 2. The predicted molar refractivity (Wildman–Crippen MR) is 151 cm³/mol. The SMILES string of the molecule is CCCCOC(=O)c1c(CC(C)C)sc(S(N)(=O)=O)c1-c1ccc(CN(Cc2ccccc2)C(C)=O)cc1. The van der Waals surface area contributed by atoms with E-state index in [1.807, 2.05) is 63.2 Å². The van der Waals surface area contributed by atoms with Gasteiger partial charge in [0.2, 0.25) is 15.9 Å². The first-order valence-electron chi connectivity index (χ1n) is 12.8. The minimum Gasteiger partial charge on any atom is -0.462 e. The van der Waals surface area contributed by atoms with Gasteiger partial charge < -0.3 is 9.64 Å². The third-order valence-corrected chi connectivity index (χ3v) is 8.69. The molecule has 0 aliphatic rings. The van der Waals surface area contributed by atoms with E-state index in [2.05, 4.69) is 0 Å². The van der Waals surface area contributed by atoms with Crippen molar-refractivity contribution in [3.63, 3.8) is 0 Å². The van der Waals surface area contributed by atoms with E-state index in [0.29, 0.717) is 30.0 Å². The van der Waals surface area contributed by atoms with Crippen molar-refractivity contribution in [1.82, 2.24) is 4.90 Å². The number of amides is 1. The summed E-state index contributed by atoms with van der Waals surface area (Å²) in [6.45, 7) is 8.68. The van der Waals surface area contributed by atoms with Gasteiger partial charge in [0.15, 0.2) is 0 Å². The highest BCUT2D eigenvalue weighted by Crippen LogP contribution is 2.41. The smallest absolute Gasteiger partial charge is 0.339 e. The monoisotopic (exact) mass is 556 g/mol. The zero-order valence-electron chi connectivity index (χ0n) is 22.4. The lowest BCUT2D eigenvalue weighted by atomic mass is 9.98. The van der Waals surface area contributed by atoms with Crippen molar-refractivity contribution < 1.29 is 22.7 Å². The summed E-state index contributed by atoms with van der Waals surface area (Å²) in [5.41, 5.74) is 3.02. The quantitative estimate of drug-likeness (QED) is 0.225. The molecule has 2 aromatic carbocycles. The van der Waals surface area contributed by atoms with Gasteiger partial charge in [0.1, 0.15) is 4.21 Å². The molecule has 38 heavy (non-hydrogen) atoms. The third kappa shape index (κ3) is 7.75. The van der Waals surface area contributed by atoms with Crippen molar-refractivity contribution in [3.8, 4) is 11.1 Å². The Kier molecular flexibility index (Phi) is 10.2. The lowest BCUT2D eigenvalue weighted by molar-refractivity contribution is -0.130. The molecule has 1 heterocycles. The molecule has 1 aromatic heterocycles. The largest absolute Gasteiger partial charge is 0.462 e. The van der Waals surface area contributed by atoms with Crippen LogP contribution in [0.1, 0.15) is 66.9 Å². The summed E-state index contributed by atoms with van der Waals surface area (Å²) in [6.07, 6.45) is 2.11. The Morgan fingerprint density at radius 2 is 1.61 bits per heavy atom.